The largest absolute Gasteiger partial charge is 0.391 e. The molecule has 0 aromatic carbocycles. The van der Waals surface area contributed by atoms with Crippen LogP contribution in [0.4, 0.5) is 4.39 Å². The van der Waals surface area contributed by atoms with E-state index in [2.05, 4.69) is 16.8 Å². The summed E-state index contributed by atoms with van der Waals surface area (Å²) in [5.74, 6) is 4.51. The van der Waals surface area contributed by atoms with Crippen molar-refractivity contribution in [3.05, 3.63) is 27.3 Å². The van der Waals surface area contributed by atoms with E-state index in [4.69, 9.17) is 4.74 Å². The minimum atomic E-state index is -2.59. The second-order valence-electron chi connectivity index (χ2n) is 4.73. The summed E-state index contributed by atoms with van der Waals surface area (Å²) in [5.41, 5.74) is -4.35. The number of rotatable bonds is 6. The summed E-state index contributed by atoms with van der Waals surface area (Å²) in [6, 6.07) is 0. The van der Waals surface area contributed by atoms with Crippen molar-refractivity contribution < 1.29 is 19.3 Å². The van der Waals surface area contributed by atoms with E-state index in [1.54, 1.807) is 0 Å². The van der Waals surface area contributed by atoms with Crippen molar-refractivity contribution in [3.63, 3.8) is 0 Å². The quantitative estimate of drug-likeness (QED) is 0.545. The molecule has 0 aliphatic carbocycles. The number of ether oxygens (including phenoxy) is 1. The number of nitrogens with zero attached hydrogens (tertiary/aromatic N) is 2. The number of aliphatic hydroxyl groups excluding tert-OH is 2. The van der Waals surface area contributed by atoms with Crippen LogP contribution in [0.3, 0.4) is 0 Å². The smallest absolute Gasteiger partial charge is 0.350 e. The first kappa shape index (κ1) is 18.0. The summed E-state index contributed by atoms with van der Waals surface area (Å²) < 4.78 is 20.7. The van der Waals surface area contributed by atoms with Crippen LogP contribution in [0.5, 0.6) is 0 Å². The minimum Gasteiger partial charge on any atom is -0.391 e. The molecule has 4 atom stereocenters. The molecule has 0 aliphatic rings. The number of aromatic amines is 1. The lowest BCUT2D eigenvalue weighted by atomic mass is 9.92. The Bertz CT molecular complexity index is 674. The van der Waals surface area contributed by atoms with Crippen LogP contribution in [-0.4, -0.2) is 55.8 Å². The average molecular weight is 315 g/mol. The monoisotopic (exact) mass is 315 g/mol. The maximum absolute atomic E-state index is 15.1. The predicted octanol–water partition coefficient (Wildman–Crippen LogP) is -1.58. The number of hydrogen-bond donors (Lipinski definition) is 3. The van der Waals surface area contributed by atoms with Crippen molar-refractivity contribution in [2.75, 3.05) is 7.11 Å². The van der Waals surface area contributed by atoms with Crippen molar-refractivity contribution >= 4 is 0 Å². The zero-order valence-electron chi connectivity index (χ0n) is 12.4. The molecule has 22 heavy (non-hydrogen) atoms. The van der Waals surface area contributed by atoms with E-state index in [9.17, 15) is 19.8 Å². The highest BCUT2D eigenvalue weighted by Gasteiger charge is 2.44. The number of halogens is 1. The Morgan fingerprint density at radius 1 is 1.55 bits per heavy atom. The first-order valence-electron chi connectivity index (χ1n) is 6.42. The van der Waals surface area contributed by atoms with Gasteiger partial charge in [0.05, 0.1) is 12.6 Å². The lowest BCUT2D eigenvalue weighted by Crippen LogP contribution is -2.53. The summed E-state index contributed by atoms with van der Waals surface area (Å²) in [6.45, 7) is 1.99. The van der Waals surface area contributed by atoms with Gasteiger partial charge in [-0.3, -0.25) is 9.55 Å². The van der Waals surface area contributed by atoms with Crippen LogP contribution in [0.2, 0.25) is 0 Å². The van der Waals surface area contributed by atoms with Gasteiger partial charge in [-0.15, -0.1) is 5.92 Å². The third-order valence-electron chi connectivity index (χ3n) is 3.05. The topological polar surface area (TPSA) is 117 Å². The third-order valence-corrected chi connectivity index (χ3v) is 3.05. The molecule has 0 saturated heterocycles. The molecular weight excluding hydrogens is 297 g/mol. The van der Waals surface area contributed by atoms with Gasteiger partial charge in [0, 0.05) is 7.11 Å². The van der Waals surface area contributed by atoms with Crippen molar-refractivity contribution in [1.29, 1.82) is 0 Å². The number of aliphatic hydroxyl groups is 2. The Hall–Kier alpha value is -2.02. The number of alkyl halides is 1. The van der Waals surface area contributed by atoms with Crippen LogP contribution in [-0.2, 0) is 11.3 Å². The van der Waals surface area contributed by atoms with Crippen LogP contribution < -0.4 is 11.4 Å². The molecule has 1 aromatic heterocycles. The lowest BCUT2D eigenvalue weighted by molar-refractivity contribution is -0.120. The van der Waals surface area contributed by atoms with E-state index in [0.717, 1.165) is 10.9 Å². The van der Waals surface area contributed by atoms with Crippen LogP contribution in [0, 0.1) is 11.8 Å². The Balaban J connectivity index is 3.22. The Morgan fingerprint density at radius 2 is 2.18 bits per heavy atom. The van der Waals surface area contributed by atoms with Crippen molar-refractivity contribution in [1.82, 2.24) is 14.5 Å². The van der Waals surface area contributed by atoms with Gasteiger partial charge in [0.25, 0.3) is 0 Å². The summed E-state index contributed by atoms with van der Waals surface area (Å²) in [5, 5.41) is 19.7. The maximum Gasteiger partial charge on any atom is 0.350 e. The van der Waals surface area contributed by atoms with Crippen LogP contribution in [0.1, 0.15) is 13.8 Å². The highest BCUT2D eigenvalue weighted by Crippen LogP contribution is 2.23. The molecule has 0 spiro atoms. The molecule has 1 heterocycles. The number of aromatic nitrogens is 3. The number of H-pyrrole nitrogens is 1. The zero-order valence-corrected chi connectivity index (χ0v) is 12.4. The van der Waals surface area contributed by atoms with Crippen molar-refractivity contribution in [3.8, 4) is 11.8 Å². The first-order valence-corrected chi connectivity index (χ1v) is 6.42. The number of methoxy groups -OCH3 is 1. The van der Waals surface area contributed by atoms with E-state index in [0.29, 0.717) is 0 Å². The second kappa shape index (κ2) is 7.31. The van der Waals surface area contributed by atoms with Gasteiger partial charge in [0.1, 0.15) is 18.5 Å². The summed E-state index contributed by atoms with van der Waals surface area (Å²) >= 11 is 0. The van der Waals surface area contributed by atoms with E-state index in [1.807, 2.05) is 4.98 Å². The summed E-state index contributed by atoms with van der Waals surface area (Å²) in [4.78, 5) is 27.7. The van der Waals surface area contributed by atoms with E-state index in [-0.39, 0.29) is 0 Å². The molecule has 1 rings (SSSR count). The fourth-order valence-corrected chi connectivity index (χ4v) is 2.00. The molecule has 0 fully saturated rings. The maximum atomic E-state index is 15.1. The van der Waals surface area contributed by atoms with Gasteiger partial charge in [0.15, 0.2) is 0 Å². The summed E-state index contributed by atoms with van der Waals surface area (Å²) in [6.07, 6.45) is -3.40. The third kappa shape index (κ3) is 4.00. The first-order chi connectivity index (χ1) is 10.2. The van der Waals surface area contributed by atoms with Gasteiger partial charge in [-0.2, -0.15) is 4.98 Å². The Morgan fingerprint density at radius 3 is 2.64 bits per heavy atom. The highest BCUT2D eigenvalue weighted by atomic mass is 19.1. The fraction of sp³-hybridized carbons (Fsp3) is 0.615. The van der Waals surface area contributed by atoms with Crippen LogP contribution >= 0.6 is 0 Å². The number of hydrogen-bond acceptors (Lipinski definition) is 6. The van der Waals surface area contributed by atoms with Crippen LogP contribution in [0.15, 0.2) is 15.9 Å². The van der Waals surface area contributed by atoms with Gasteiger partial charge >= 0.3 is 11.4 Å². The molecule has 0 amide bonds. The molecule has 3 N–H and O–H groups in total. The minimum absolute atomic E-state index is 0.690. The highest BCUT2D eigenvalue weighted by molar-refractivity contribution is 5.17. The normalized spacial score (nSPS) is 17.7. The van der Waals surface area contributed by atoms with Gasteiger partial charge in [-0.05, 0) is 13.8 Å². The average Bonchev–Trinajstić information content (AvgIpc) is 2.42. The molecule has 0 aliphatic heterocycles. The van der Waals surface area contributed by atoms with Gasteiger partial charge < -0.3 is 14.9 Å². The van der Waals surface area contributed by atoms with Gasteiger partial charge in [-0.1, -0.05) is 5.92 Å². The molecule has 0 radical (unpaired) electrons. The standard InChI is InChI=1S/C13H18FN3O5/c1-4-5-13(14,10(19)9(22-3)8(2)18)6-17-7-15-11(20)16-12(17)21/h7-10,18-19H,6H2,1-3H3,(H,16,20,21)/t8-,9+,10-,13?/m0/s1. The number of nitrogens with one attached hydrogen (secondary N) is 1. The van der Waals surface area contributed by atoms with Gasteiger partial charge in [0.2, 0.25) is 5.67 Å². The molecule has 0 bridgehead atoms. The Labute approximate surface area is 125 Å². The van der Waals surface area contributed by atoms with E-state index < -0.39 is 41.9 Å². The van der Waals surface area contributed by atoms with Crippen molar-refractivity contribution in [2.45, 2.75) is 44.4 Å². The molecule has 9 heteroatoms. The molecule has 0 saturated carbocycles. The molecule has 8 nitrogen and oxygen atoms in total. The molecule has 1 aromatic rings. The van der Waals surface area contributed by atoms with E-state index >= 15 is 4.39 Å². The predicted molar refractivity (Wildman–Crippen MR) is 74.9 cm³/mol. The SMILES string of the molecule is CC#CC(F)(Cn1cnc(=O)[nH]c1=O)[C@@H](O)[C@H](OC)[C@H](C)O. The molecular formula is C13H18FN3O5. The van der Waals surface area contributed by atoms with Crippen molar-refractivity contribution in [2.24, 2.45) is 0 Å². The van der Waals surface area contributed by atoms with Crippen LogP contribution in [0.25, 0.3) is 0 Å². The van der Waals surface area contributed by atoms with Gasteiger partial charge in [-0.25, -0.2) is 14.0 Å². The van der Waals surface area contributed by atoms with E-state index in [1.165, 1.54) is 21.0 Å². The second-order valence-corrected chi connectivity index (χ2v) is 4.73. The fourth-order valence-electron chi connectivity index (χ4n) is 2.00. The zero-order chi connectivity index (χ0) is 16.9. The molecule has 1 unspecified atom stereocenters. The molecule has 122 valence electrons. The lowest BCUT2D eigenvalue weighted by Gasteiger charge is -2.32. The summed E-state index contributed by atoms with van der Waals surface area (Å²) in [7, 11) is 1.20. The Kier molecular flexibility index (Phi) is 5.99.